The Hall–Kier alpha value is -1.59. The van der Waals surface area contributed by atoms with Gasteiger partial charge < -0.3 is 14.2 Å². The van der Waals surface area contributed by atoms with Gasteiger partial charge in [0.25, 0.3) is 0 Å². The third kappa shape index (κ3) is 49.4. The zero-order chi connectivity index (χ0) is 45.1. The minimum atomic E-state index is -0.760. The zero-order valence-corrected chi connectivity index (χ0v) is 42.2. The van der Waals surface area contributed by atoms with Crippen LogP contribution in [0.5, 0.6) is 0 Å². The maximum Gasteiger partial charge on any atom is 0.306 e. The van der Waals surface area contributed by atoms with Crippen molar-refractivity contribution in [2.75, 3.05) is 13.2 Å². The van der Waals surface area contributed by atoms with Crippen LogP contribution in [-0.4, -0.2) is 37.2 Å². The van der Waals surface area contributed by atoms with Crippen LogP contribution in [0, 0.1) is 0 Å². The Bertz CT molecular complexity index is 920. The number of unbranched alkanes of at least 4 members (excludes halogenated alkanes) is 41. The predicted molar refractivity (Wildman–Crippen MR) is 266 cm³/mol. The second-order valence-electron chi connectivity index (χ2n) is 19.2. The topological polar surface area (TPSA) is 78.9 Å². The fourth-order valence-electron chi connectivity index (χ4n) is 8.62. The predicted octanol–water partition coefficient (Wildman–Crippen LogP) is 18.4. The summed E-state index contributed by atoms with van der Waals surface area (Å²) in [6, 6.07) is 0. The molecule has 0 N–H and O–H groups in total. The fraction of sp³-hybridized carbons (Fsp3) is 0.946. The summed E-state index contributed by atoms with van der Waals surface area (Å²) in [5.74, 6) is -0.837. The lowest BCUT2D eigenvalue weighted by atomic mass is 10.0. The fourth-order valence-corrected chi connectivity index (χ4v) is 8.62. The van der Waals surface area contributed by atoms with Crippen molar-refractivity contribution in [2.24, 2.45) is 0 Å². The smallest absolute Gasteiger partial charge is 0.306 e. The molecule has 6 heteroatoms. The van der Waals surface area contributed by atoms with Crippen LogP contribution >= 0.6 is 0 Å². The van der Waals surface area contributed by atoms with Gasteiger partial charge in [0, 0.05) is 19.3 Å². The van der Waals surface area contributed by atoms with Crippen LogP contribution in [0.15, 0.2) is 0 Å². The van der Waals surface area contributed by atoms with E-state index in [4.69, 9.17) is 14.2 Å². The van der Waals surface area contributed by atoms with Gasteiger partial charge in [-0.1, -0.05) is 284 Å². The Kier molecular flexibility index (Phi) is 50.7. The van der Waals surface area contributed by atoms with E-state index in [1.165, 1.54) is 225 Å². The van der Waals surface area contributed by atoms with E-state index in [-0.39, 0.29) is 31.1 Å². The summed E-state index contributed by atoms with van der Waals surface area (Å²) in [7, 11) is 0. The second kappa shape index (κ2) is 52.0. The summed E-state index contributed by atoms with van der Waals surface area (Å²) in [4.78, 5) is 38.0. The minimum absolute atomic E-state index is 0.0614. The highest BCUT2D eigenvalue weighted by Gasteiger charge is 2.19. The molecule has 368 valence electrons. The normalized spacial score (nSPS) is 11.9. The molecule has 6 nitrogen and oxygen atoms in total. The summed E-state index contributed by atoms with van der Waals surface area (Å²) in [6.45, 7) is 6.69. The van der Waals surface area contributed by atoms with Gasteiger partial charge in [0.1, 0.15) is 13.2 Å². The first-order valence-electron chi connectivity index (χ1n) is 28.0. The SMILES string of the molecule is CCCCCCCCCCCCCCCCCCCC(=O)OCC(COC(=O)CCCCCCCCCCCC)OC(=O)CCCCCCCCCCCCCCCCCCC. The third-order valence-corrected chi connectivity index (χ3v) is 12.9. The molecule has 62 heavy (non-hydrogen) atoms. The molecule has 0 aromatic carbocycles. The highest BCUT2D eigenvalue weighted by atomic mass is 16.6. The third-order valence-electron chi connectivity index (χ3n) is 12.9. The summed E-state index contributed by atoms with van der Waals surface area (Å²) in [6.07, 6.45) is 56.6. The van der Waals surface area contributed by atoms with E-state index in [2.05, 4.69) is 20.8 Å². The molecule has 0 rings (SSSR count). The number of esters is 3. The molecule has 0 aromatic rings. The molecular weight excluding hydrogens is 769 g/mol. The molecule has 0 heterocycles. The van der Waals surface area contributed by atoms with Crippen molar-refractivity contribution in [3.63, 3.8) is 0 Å². The van der Waals surface area contributed by atoms with Crippen molar-refractivity contribution < 1.29 is 28.6 Å². The highest BCUT2D eigenvalue weighted by Crippen LogP contribution is 2.17. The average Bonchev–Trinajstić information content (AvgIpc) is 3.27. The van der Waals surface area contributed by atoms with Gasteiger partial charge >= 0.3 is 17.9 Å². The van der Waals surface area contributed by atoms with Gasteiger partial charge in [-0.15, -0.1) is 0 Å². The first kappa shape index (κ1) is 60.4. The van der Waals surface area contributed by atoms with E-state index in [1.807, 2.05) is 0 Å². The number of carbonyl (C=O) groups is 3. The molecule has 0 bridgehead atoms. The van der Waals surface area contributed by atoms with E-state index in [1.54, 1.807) is 0 Å². The first-order chi connectivity index (χ1) is 30.5. The lowest BCUT2D eigenvalue weighted by Crippen LogP contribution is -2.30. The number of ether oxygens (including phenoxy) is 3. The van der Waals surface area contributed by atoms with Crippen LogP contribution in [0.3, 0.4) is 0 Å². The van der Waals surface area contributed by atoms with Crippen molar-refractivity contribution in [1.29, 1.82) is 0 Å². The number of carbonyl (C=O) groups excluding carboxylic acids is 3. The highest BCUT2D eigenvalue weighted by molar-refractivity contribution is 5.71. The number of hydrogen-bond donors (Lipinski definition) is 0. The number of rotatable bonds is 52. The molecular formula is C56H108O6. The van der Waals surface area contributed by atoms with Crippen molar-refractivity contribution in [3.05, 3.63) is 0 Å². The molecule has 1 unspecified atom stereocenters. The molecule has 0 aliphatic rings. The summed E-state index contributed by atoms with van der Waals surface area (Å²) < 4.78 is 16.8. The molecule has 0 saturated heterocycles. The Morgan fingerprint density at radius 3 is 0.645 bits per heavy atom. The van der Waals surface area contributed by atoms with Crippen LogP contribution < -0.4 is 0 Å². The maximum atomic E-state index is 12.8. The van der Waals surface area contributed by atoms with Gasteiger partial charge in [0.05, 0.1) is 0 Å². The van der Waals surface area contributed by atoms with Crippen molar-refractivity contribution in [1.82, 2.24) is 0 Å². The largest absolute Gasteiger partial charge is 0.462 e. The van der Waals surface area contributed by atoms with Crippen LogP contribution in [0.25, 0.3) is 0 Å². The Labute approximate surface area is 387 Å². The first-order valence-corrected chi connectivity index (χ1v) is 28.0. The monoisotopic (exact) mass is 877 g/mol. The Morgan fingerprint density at radius 2 is 0.435 bits per heavy atom. The van der Waals surface area contributed by atoms with Crippen LogP contribution in [0.4, 0.5) is 0 Å². The molecule has 1 atom stereocenters. The Balaban J connectivity index is 4.24. The Morgan fingerprint density at radius 1 is 0.258 bits per heavy atom. The molecule has 0 aliphatic heterocycles. The van der Waals surface area contributed by atoms with E-state index in [0.29, 0.717) is 19.3 Å². The van der Waals surface area contributed by atoms with E-state index >= 15 is 0 Å². The van der Waals surface area contributed by atoms with Crippen molar-refractivity contribution in [2.45, 2.75) is 329 Å². The van der Waals surface area contributed by atoms with Crippen molar-refractivity contribution in [3.8, 4) is 0 Å². The summed E-state index contributed by atoms with van der Waals surface area (Å²) >= 11 is 0. The van der Waals surface area contributed by atoms with Gasteiger partial charge in [-0.3, -0.25) is 14.4 Å². The molecule has 0 spiro atoms. The van der Waals surface area contributed by atoms with Crippen LogP contribution in [0.1, 0.15) is 323 Å². The van der Waals surface area contributed by atoms with Crippen LogP contribution in [-0.2, 0) is 28.6 Å². The van der Waals surface area contributed by atoms with Gasteiger partial charge in [-0.25, -0.2) is 0 Å². The van der Waals surface area contributed by atoms with Gasteiger partial charge in [-0.2, -0.15) is 0 Å². The van der Waals surface area contributed by atoms with E-state index in [9.17, 15) is 14.4 Å². The molecule has 0 saturated carbocycles. The lowest BCUT2D eigenvalue weighted by Gasteiger charge is -2.18. The van der Waals surface area contributed by atoms with Gasteiger partial charge in [0.15, 0.2) is 6.10 Å². The maximum absolute atomic E-state index is 12.8. The average molecular weight is 877 g/mol. The van der Waals surface area contributed by atoms with Gasteiger partial charge in [-0.05, 0) is 19.3 Å². The summed E-state index contributed by atoms with van der Waals surface area (Å²) in [5.41, 5.74) is 0. The minimum Gasteiger partial charge on any atom is -0.462 e. The lowest BCUT2D eigenvalue weighted by molar-refractivity contribution is -0.167. The molecule has 0 aromatic heterocycles. The second-order valence-corrected chi connectivity index (χ2v) is 19.2. The molecule has 0 amide bonds. The summed E-state index contributed by atoms with van der Waals surface area (Å²) in [5, 5.41) is 0. The van der Waals surface area contributed by atoms with Gasteiger partial charge in [0.2, 0.25) is 0 Å². The molecule has 0 fully saturated rings. The van der Waals surface area contributed by atoms with Crippen LogP contribution in [0.2, 0.25) is 0 Å². The molecule has 0 radical (unpaired) electrons. The number of hydrogen-bond acceptors (Lipinski definition) is 6. The molecule has 0 aliphatic carbocycles. The quantitative estimate of drug-likeness (QED) is 0.0344. The van der Waals surface area contributed by atoms with Crippen molar-refractivity contribution >= 4 is 17.9 Å². The standard InChI is InChI=1S/C56H108O6/c1-4-7-10-13-16-19-22-24-26-28-30-32-34-37-40-43-46-49-55(58)61-52-53(51-60-54(57)48-45-42-39-36-21-18-15-12-9-6-3)62-56(59)50-47-44-41-38-35-33-31-29-27-25-23-20-17-14-11-8-5-2/h53H,4-52H2,1-3H3. The van der Waals surface area contributed by atoms with E-state index in [0.717, 1.165) is 57.8 Å². The van der Waals surface area contributed by atoms with E-state index < -0.39 is 6.10 Å². The zero-order valence-electron chi connectivity index (χ0n) is 42.2.